The Kier molecular flexibility index (Phi) is 7.54. The molecule has 4 aromatic carbocycles. The molecule has 0 bridgehead atoms. The molecule has 0 amide bonds. The van der Waals surface area contributed by atoms with Gasteiger partial charge in [0.1, 0.15) is 6.10 Å². The lowest BCUT2D eigenvalue weighted by atomic mass is 9.47. The SMILES string of the molecule is CC(C)CCC[C@@H](C)[C@H]1CCC2C3CC=C4CC(OC(=O)c5ccc6ccc7cccc8ccc5c6c78)CC[C@]4(C)C3CC[C@@]21C. The van der Waals surface area contributed by atoms with Gasteiger partial charge >= 0.3 is 5.97 Å². The summed E-state index contributed by atoms with van der Waals surface area (Å²) in [6.45, 7) is 12.6. The zero-order valence-electron chi connectivity index (χ0n) is 28.9. The number of hydrogen-bond acceptors (Lipinski definition) is 2. The number of fused-ring (bicyclic) bond motifs is 5. The van der Waals surface area contributed by atoms with E-state index in [2.05, 4.69) is 89.2 Å². The van der Waals surface area contributed by atoms with E-state index in [0.717, 1.165) is 60.2 Å². The smallest absolute Gasteiger partial charge is 0.339 e. The first-order valence-corrected chi connectivity index (χ1v) is 18.7. The van der Waals surface area contributed by atoms with Gasteiger partial charge < -0.3 is 4.74 Å². The first-order chi connectivity index (χ1) is 22.2. The standard InChI is InChI=1S/C44H54O2/c1-27(2)8-6-9-28(3)37-20-21-38-36-19-16-32-26-33(22-24-43(32,4)39(36)23-25-44(37,38)5)46-42(45)35-18-15-31-13-12-29-10-7-11-30-14-17-34(35)41(31)40(29)30/h7,10-18,27-28,33,36-39H,6,8-9,19-26H2,1-5H3/t28-,33?,36?,37-,38?,39?,43+,44-/m1/s1. The number of ether oxygens (including phenoxy) is 1. The van der Waals surface area contributed by atoms with E-state index in [-0.39, 0.29) is 17.5 Å². The highest BCUT2D eigenvalue weighted by molar-refractivity contribution is 6.25. The number of allylic oxidation sites excluding steroid dienone is 1. The Labute approximate surface area is 276 Å². The molecular weight excluding hydrogens is 560 g/mol. The zero-order chi connectivity index (χ0) is 31.8. The fourth-order valence-corrected chi connectivity index (χ4v) is 11.9. The molecule has 3 saturated carbocycles. The van der Waals surface area contributed by atoms with E-state index in [1.807, 2.05) is 6.07 Å². The lowest BCUT2D eigenvalue weighted by Crippen LogP contribution is -2.51. The van der Waals surface area contributed by atoms with Crippen LogP contribution in [0, 0.1) is 46.3 Å². The van der Waals surface area contributed by atoms with Gasteiger partial charge in [0, 0.05) is 6.42 Å². The van der Waals surface area contributed by atoms with E-state index < -0.39 is 0 Å². The van der Waals surface area contributed by atoms with Gasteiger partial charge in [0.25, 0.3) is 0 Å². The summed E-state index contributed by atoms with van der Waals surface area (Å²) in [5.41, 5.74) is 3.08. The molecule has 0 saturated heterocycles. The van der Waals surface area contributed by atoms with Crippen LogP contribution in [0.1, 0.15) is 116 Å². The largest absolute Gasteiger partial charge is 0.458 e. The van der Waals surface area contributed by atoms with E-state index in [4.69, 9.17) is 4.74 Å². The highest BCUT2D eigenvalue weighted by Crippen LogP contribution is 2.67. The molecule has 3 fully saturated rings. The lowest BCUT2D eigenvalue weighted by molar-refractivity contribution is -0.0594. The topological polar surface area (TPSA) is 26.3 Å². The van der Waals surface area contributed by atoms with Crippen LogP contribution in [-0.2, 0) is 4.74 Å². The number of benzene rings is 4. The van der Waals surface area contributed by atoms with E-state index in [9.17, 15) is 4.79 Å². The molecule has 0 aromatic heterocycles. The second-order valence-corrected chi connectivity index (χ2v) is 17.0. The van der Waals surface area contributed by atoms with Gasteiger partial charge in [0.05, 0.1) is 5.56 Å². The molecular formula is C44H54O2. The van der Waals surface area contributed by atoms with Gasteiger partial charge in [0.15, 0.2) is 0 Å². The summed E-state index contributed by atoms with van der Waals surface area (Å²) >= 11 is 0. The Morgan fingerprint density at radius 1 is 0.826 bits per heavy atom. The van der Waals surface area contributed by atoms with Crippen molar-refractivity contribution in [1.29, 1.82) is 0 Å². The average Bonchev–Trinajstić information content (AvgIpc) is 3.41. The summed E-state index contributed by atoms with van der Waals surface area (Å²) in [7, 11) is 0. The molecule has 8 atom stereocenters. The minimum absolute atomic E-state index is 0.0293. The van der Waals surface area contributed by atoms with Crippen molar-refractivity contribution in [3.8, 4) is 0 Å². The van der Waals surface area contributed by atoms with Gasteiger partial charge in [0.2, 0.25) is 0 Å². The van der Waals surface area contributed by atoms with Gasteiger partial charge in [-0.05, 0) is 130 Å². The number of esters is 1. The fourth-order valence-electron chi connectivity index (χ4n) is 11.9. The summed E-state index contributed by atoms with van der Waals surface area (Å²) in [6.07, 6.45) is 16.7. The molecule has 4 aromatic rings. The monoisotopic (exact) mass is 614 g/mol. The van der Waals surface area contributed by atoms with Crippen LogP contribution in [-0.4, -0.2) is 12.1 Å². The Bertz CT molecular complexity index is 1780. The summed E-state index contributed by atoms with van der Waals surface area (Å²) < 4.78 is 6.39. The van der Waals surface area contributed by atoms with Gasteiger partial charge in [-0.15, -0.1) is 0 Å². The van der Waals surface area contributed by atoms with Crippen LogP contribution in [0.25, 0.3) is 32.3 Å². The summed E-state index contributed by atoms with van der Waals surface area (Å²) in [4.78, 5) is 13.8. The van der Waals surface area contributed by atoms with Gasteiger partial charge in [-0.2, -0.15) is 0 Å². The van der Waals surface area contributed by atoms with Crippen LogP contribution >= 0.6 is 0 Å². The van der Waals surface area contributed by atoms with E-state index >= 15 is 0 Å². The van der Waals surface area contributed by atoms with Crippen LogP contribution in [0.15, 0.2) is 66.2 Å². The normalized spacial score (nSPS) is 33.2. The van der Waals surface area contributed by atoms with Crippen LogP contribution < -0.4 is 0 Å². The first-order valence-electron chi connectivity index (χ1n) is 18.7. The zero-order valence-corrected chi connectivity index (χ0v) is 28.9. The number of carbonyl (C=O) groups excluding carboxylic acids is 1. The quantitative estimate of drug-likeness (QED) is 0.118. The summed E-state index contributed by atoms with van der Waals surface area (Å²) in [5, 5.41) is 7.08. The predicted molar refractivity (Wildman–Crippen MR) is 192 cm³/mol. The molecule has 0 N–H and O–H groups in total. The maximum Gasteiger partial charge on any atom is 0.339 e. The molecule has 4 aliphatic carbocycles. The van der Waals surface area contributed by atoms with Crippen molar-refractivity contribution in [3.63, 3.8) is 0 Å². The van der Waals surface area contributed by atoms with Crippen molar-refractivity contribution >= 4 is 38.3 Å². The van der Waals surface area contributed by atoms with Crippen LogP contribution in [0.2, 0.25) is 0 Å². The molecule has 4 unspecified atom stereocenters. The van der Waals surface area contributed by atoms with Crippen molar-refractivity contribution in [3.05, 3.63) is 71.8 Å². The second-order valence-electron chi connectivity index (χ2n) is 17.0. The second kappa shape index (κ2) is 11.4. The van der Waals surface area contributed by atoms with Crippen molar-refractivity contribution < 1.29 is 9.53 Å². The molecule has 8 rings (SSSR count). The Morgan fingerprint density at radius 2 is 1.57 bits per heavy atom. The Morgan fingerprint density at radius 3 is 2.35 bits per heavy atom. The first kappa shape index (κ1) is 30.5. The van der Waals surface area contributed by atoms with E-state index in [1.165, 1.54) is 78.3 Å². The van der Waals surface area contributed by atoms with Gasteiger partial charge in [-0.1, -0.05) is 114 Å². The maximum absolute atomic E-state index is 13.8. The van der Waals surface area contributed by atoms with E-state index in [0.29, 0.717) is 11.0 Å². The minimum Gasteiger partial charge on any atom is -0.458 e. The van der Waals surface area contributed by atoms with Gasteiger partial charge in [-0.3, -0.25) is 0 Å². The molecule has 46 heavy (non-hydrogen) atoms. The highest BCUT2D eigenvalue weighted by Gasteiger charge is 2.59. The number of rotatable bonds is 7. The fraction of sp³-hybridized carbons (Fsp3) is 0.568. The summed E-state index contributed by atoms with van der Waals surface area (Å²) in [5.74, 6) is 4.92. The van der Waals surface area contributed by atoms with Crippen molar-refractivity contribution in [2.75, 3.05) is 0 Å². The van der Waals surface area contributed by atoms with Crippen LogP contribution in [0.5, 0.6) is 0 Å². The minimum atomic E-state index is -0.159. The van der Waals surface area contributed by atoms with Crippen molar-refractivity contribution in [2.24, 2.45) is 46.3 Å². The molecule has 4 aliphatic rings. The van der Waals surface area contributed by atoms with E-state index in [1.54, 1.807) is 5.57 Å². The third-order valence-electron chi connectivity index (χ3n) is 14.3. The molecule has 242 valence electrons. The molecule has 0 radical (unpaired) electrons. The molecule has 0 spiro atoms. The van der Waals surface area contributed by atoms with Crippen LogP contribution in [0.3, 0.4) is 0 Å². The third kappa shape index (κ3) is 4.75. The molecule has 2 nitrogen and oxygen atoms in total. The Hall–Kier alpha value is -2.87. The maximum atomic E-state index is 13.8. The molecule has 2 heteroatoms. The van der Waals surface area contributed by atoms with Crippen molar-refractivity contribution in [1.82, 2.24) is 0 Å². The highest BCUT2D eigenvalue weighted by atomic mass is 16.5. The third-order valence-corrected chi connectivity index (χ3v) is 14.3. The summed E-state index contributed by atoms with van der Waals surface area (Å²) in [6, 6.07) is 19.2. The van der Waals surface area contributed by atoms with Gasteiger partial charge in [-0.25, -0.2) is 4.79 Å². The lowest BCUT2D eigenvalue weighted by Gasteiger charge is -2.58. The number of carbonyl (C=O) groups is 1. The average molecular weight is 615 g/mol. The predicted octanol–water partition coefficient (Wildman–Crippen LogP) is 12.2. The van der Waals surface area contributed by atoms with Crippen LogP contribution in [0.4, 0.5) is 0 Å². The Balaban J connectivity index is 0.985. The molecule has 0 heterocycles. The van der Waals surface area contributed by atoms with Crippen molar-refractivity contribution in [2.45, 2.75) is 111 Å². The molecule has 0 aliphatic heterocycles. The number of hydrogen-bond donors (Lipinski definition) is 0.